The van der Waals surface area contributed by atoms with Crippen molar-refractivity contribution in [3.05, 3.63) is 71.1 Å². The fourth-order valence-electron chi connectivity index (χ4n) is 3.81. The van der Waals surface area contributed by atoms with Gasteiger partial charge in [-0.25, -0.2) is 4.98 Å². The number of rotatable bonds is 13. The van der Waals surface area contributed by atoms with E-state index in [0.717, 1.165) is 16.4 Å². The number of halogens is 3. The highest BCUT2D eigenvalue weighted by atomic mass is 32.2. The van der Waals surface area contributed by atoms with Crippen molar-refractivity contribution >= 4 is 16.2 Å². The molecule has 2 aromatic carbocycles. The van der Waals surface area contributed by atoms with Gasteiger partial charge in [-0.15, -0.1) is 0 Å². The van der Waals surface area contributed by atoms with Crippen LogP contribution < -0.4 is 4.74 Å². The number of nitrogens with zero attached hydrogens (tertiary/aromatic N) is 3. The maximum atomic E-state index is 13.2. The molecule has 3 rings (SSSR count). The number of aryl methyl sites for hydroxylation is 1. The van der Waals surface area contributed by atoms with E-state index in [-0.39, 0.29) is 31.7 Å². The van der Waals surface area contributed by atoms with Crippen LogP contribution in [-0.2, 0) is 38.9 Å². The predicted molar refractivity (Wildman–Crippen MR) is 146 cm³/mol. The van der Waals surface area contributed by atoms with E-state index in [1.807, 2.05) is 0 Å². The highest BCUT2D eigenvalue weighted by Gasteiger charge is 2.31. The Hall–Kier alpha value is -3.42. The Morgan fingerprint density at radius 2 is 1.80 bits per heavy atom. The number of oxazole rings is 1. The van der Waals surface area contributed by atoms with Gasteiger partial charge < -0.3 is 13.9 Å². The second kappa shape index (κ2) is 13.5. The zero-order chi connectivity index (χ0) is 30.4. The Morgan fingerprint density at radius 3 is 2.41 bits per heavy atom. The van der Waals surface area contributed by atoms with E-state index in [1.165, 1.54) is 23.5 Å². The number of ether oxygens (including phenoxy) is 2. The van der Waals surface area contributed by atoms with E-state index in [4.69, 9.17) is 13.9 Å². The summed E-state index contributed by atoms with van der Waals surface area (Å²) in [7, 11) is -2.51. The molecule has 13 heteroatoms. The lowest BCUT2D eigenvalue weighted by molar-refractivity contribution is -0.143. The van der Waals surface area contributed by atoms with E-state index < -0.39 is 34.5 Å². The minimum atomic E-state index is -4.43. The van der Waals surface area contributed by atoms with Crippen LogP contribution in [0, 0.1) is 6.92 Å². The van der Waals surface area contributed by atoms with Crippen molar-refractivity contribution in [3.8, 4) is 17.2 Å². The number of hydrogen-bond donors (Lipinski definition) is 0. The first-order valence-electron chi connectivity index (χ1n) is 13.0. The van der Waals surface area contributed by atoms with Gasteiger partial charge in [-0.05, 0) is 69.7 Å². The summed E-state index contributed by atoms with van der Waals surface area (Å²) in [6, 6.07) is 11.1. The Labute approximate surface area is 238 Å². The van der Waals surface area contributed by atoms with Gasteiger partial charge in [0.1, 0.15) is 18.1 Å². The van der Waals surface area contributed by atoms with Crippen molar-refractivity contribution in [1.82, 2.24) is 13.6 Å². The molecule has 0 radical (unpaired) electrons. The van der Waals surface area contributed by atoms with Crippen LogP contribution in [0.1, 0.15) is 43.4 Å². The molecule has 0 amide bonds. The number of esters is 1. The standard InChI is InChI=1S/C28H34F3N3O6S/c1-6-38-26(35)18-34(41(36,37)33(5)19(2)3)17-21-8-7-9-24(16-21)39-15-14-25-20(4)40-27(32-25)22-10-12-23(13-11-22)28(29,30)31/h7-13,16,19H,6,14-15,17-18H2,1-5H3. The van der Waals surface area contributed by atoms with Crippen molar-refractivity contribution < 1.29 is 40.3 Å². The highest BCUT2D eigenvalue weighted by molar-refractivity contribution is 7.86. The van der Waals surface area contributed by atoms with Gasteiger partial charge in [0.15, 0.2) is 0 Å². The molecule has 3 aromatic rings. The maximum Gasteiger partial charge on any atom is 0.416 e. The lowest BCUT2D eigenvalue weighted by Crippen LogP contribution is -2.46. The van der Waals surface area contributed by atoms with Crippen LogP contribution in [0.3, 0.4) is 0 Å². The molecule has 0 saturated heterocycles. The quantitative estimate of drug-likeness (QED) is 0.248. The van der Waals surface area contributed by atoms with Gasteiger partial charge in [0.25, 0.3) is 10.2 Å². The van der Waals surface area contributed by atoms with E-state index >= 15 is 0 Å². The zero-order valence-electron chi connectivity index (χ0n) is 23.6. The van der Waals surface area contributed by atoms with Crippen molar-refractivity contribution in [1.29, 1.82) is 0 Å². The summed E-state index contributed by atoms with van der Waals surface area (Å²) < 4.78 is 83.6. The van der Waals surface area contributed by atoms with Gasteiger partial charge in [-0.3, -0.25) is 4.79 Å². The zero-order valence-corrected chi connectivity index (χ0v) is 24.4. The molecule has 0 atom stereocenters. The minimum absolute atomic E-state index is 0.0751. The van der Waals surface area contributed by atoms with E-state index in [0.29, 0.717) is 34.8 Å². The van der Waals surface area contributed by atoms with Crippen LogP contribution in [0.5, 0.6) is 5.75 Å². The van der Waals surface area contributed by atoms with Crippen LogP contribution in [0.25, 0.3) is 11.5 Å². The largest absolute Gasteiger partial charge is 0.493 e. The molecule has 41 heavy (non-hydrogen) atoms. The fraction of sp³-hybridized carbons (Fsp3) is 0.429. The van der Waals surface area contributed by atoms with Gasteiger partial charge >= 0.3 is 12.1 Å². The number of aromatic nitrogens is 1. The first kappa shape index (κ1) is 32.1. The summed E-state index contributed by atoms with van der Waals surface area (Å²) in [4.78, 5) is 16.6. The number of carbonyl (C=O) groups excluding carboxylic acids is 1. The minimum Gasteiger partial charge on any atom is -0.493 e. The highest BCUT2D eigenvalue weighted by Crippen LogP contribution is 2.31. The molecule has 0 N–H and O–H groups in total. The summed E-state index contributed by atoms with van der Waals surface area (Å²) in [5.41, 5.74) is 0.870. The molecule has 9 nitrogen and oxygen atoms in total. The second-order valence-corrected chi connectivity index (χ2v) is 11.5. The van der Waals surface area contributed by atoms with Gasteiger partial charge in [0.05, 0.1) is 24.5 Å². The van der Waals surface area contributed by atoms with Crippen LogP contribution >= 0.6 is 0 Å². The predicted octanol–water partition coefficient (Wildman–Crippen LogP) is 5.24. The summed E-state index contributed by atoms with van der Waals surface area (Å²) >= 11 is 0. The third kappa shape index (κ3) is 8.54. The molecule has 1 heterocycles. The molecule has 0 unspecified atom stereocenters. The molecular weight excluding hydrogens is 563 g/mol. The SMILES string of the molecule is CCOC(=O)CN(Cc1cccc(OCCc2nc(-c3ccc(C(F)(F)F)cc3)oc2C)c1)S(=O)(=O)N(C)C(C)C. The van der Waals surface area contributed by atoms with Gasteiger partial charge in [0, 0.05) is 31.6 Å². The van der Waals surface area contributed by atoms with Gasteiger partial charge in [-0.2, -0.15) is 30.2 Å². The summed E-state index contributed by atoms with van der Waals surface area (Å²) in [6.45, 7) is 6.66. The Morgan fingerprint density at radius 1 is 1.12 bits per heavy atom. The summed E-state index contributed by atoms with van der Waals surface area (Å²) in [5, 5.41) is 0. The first-order valence-corrected chi connectivity index (χ1v) is 14.4. The molecule has 0 spiro atoms. The normalized spacial score (nSPS) is 12.4. The third-order valence-corrected chi connectivity index (χ3v) is 8.31. The van der Waals surface area contributed by atoms with Crippen molar-refractivity contribution in [2.75, 3.05) is 26.8 Å². The monoisotopic (exact) mass is 597 g/mol. The van der Waals surface area contributed by atoms with Crippen molar-refractivity contribution in [2.45, 2.75) is 52.9 Å². The molecule has 0 bridgehead atoms. The van der Waals surface area contributed by atoms with Gasteiger partial charge in [-0.1, -0.05) is 12.1 Å². The molecule has 224 valence electrons. The maximum absolute atomic E-state index is 13.2. The van der Waals surface area contributed by atoms with Crippen molar-refractivity contribution in [3.63, 3.8) is 0 Å². The molecule has 0 aliphatic carbocycles. The molecule has 0 saturated carbocycles. The molecule has 0 aliphatic heterocycles. The van der Waals surface area contributed by atoms with E-state index in [9.17, 15) is 26.4 Å². The van der Waals surface area contributed by atoms with Crippen LogP contribution in [0.15, 0.2) is 52.9 Å². The Bertz CT molecular complexity index is 1420. The molecule has 1 aromatic heterocycles. The van der Waals surface area contributed by atoms with Gasteiger partial charge in [0.2, 0.25) is 5.89 Å². The number of benzene rings is 2. The summed E-state index contributed by atoms with van der Waals surface area (Å²) in [6.07, 6.45) is -4.06. The van der Waals surface area contributed by atoms with Crippen molar-refractivity contribution in [2.24, 2.45) is 0 Å². The number of hydrogen-bond acceptors (Lipinski definition) is 7. The molecular formula is C28H34F3N3O6S. The lowest BCUT2D eigenvalue weighted by atomic mass is 10.1. The average molecular weight is 598 g/mol. The average Bonchev–Trinajstić information content (AvgIpc) is 3.28. The smallest absolute Gasteiger partial charge is 0.416 e. The molecule has 0 aliphatic rings. The van der Waals surface area contributed by atoms with E-state index in [1.54, 1.807) is 52.0 Å². The van der Waals surface area contributed by atoms with Crippen LogP contribution in [0.4, 0.5) is 13.2 Å². The van der Waals surface area contributed by atoms with E-state index in [2.05, 4.69) is 4.98 Å². The molecule has 0 fully saturated rings. The Kier molecular flexibility index (Phi) is 10.6. The topological polar surface area (TPSA) is 102 Å². The number of carbonyl (C=O) groups is 1. The second-order valence-electron chi connectivity index (χ2n) is 9.53. The Balaban J connectivity index is 1.68. The number of alkyl halides is 3. The summed E-state index contributed by atoms with van der Waals surface area (Å²) in [5.74, 6) is 0.561. The first-order chi connectivity index (χ1) is 19.2. The van der Waals surface area contributed by atoms with Crippen LogP contribution in [-0.4, -0.2) is 60.8 Å². The lowest BCUT2D eigenvalue weighted by Gasteiger charge is -2.29. The third-order valence-electron chi connectivity index (χ3n) is 6.25. The van der Waals surface area contributed by atoms with Crippen LogP contribution in [0.2, 0.25) is 0 Å². The fourth-order valence-corrected chi connectivity index (χ4v) is 5.28.